The van der Waals surface area contributed by atoms with Crippen molar-refractivity contribution in [3.8, 4) is 0 Å². The van der Waals surface area contributed by atoms with Crippen LogP contribution in [0.2, 0.25) is 0 Å². The summed E-state index contributed by atoms with van der Waals surface area (Å²) in [5, 5.41) is 3.27. The number of halogens is 1. The van der Waals surface area contributed by atoms with Gasteiger partial charge in [-0.1, -0.05) is 12.1 Å². The Bertz CT molecular complexity index is 601. The lowest BCUT2D eigenvalue weighted by atomic mass is 10.0. The highest BCUT2D eigenvalue weighted by Crippen LogP contribution is 2.25. The lowest BCUT2D eigenvalue weighted by Crippen LogP contribution is -2.09. The molecule has 0 amide bonds. The van der Waals surface area contributed by atoms with Gasteiger partial charge in [-0.3, -0.25) is 0 Å². The van der Waals surface area contributed by atoms with Gasteiger partial charge in [-0.05, 0) is 40.6 Å². The normalized spacial score (nSPS) is 12.3. The molecule has 4 heteroatoms. The Hall–Kier alpha value is -1.29. The summed E-state index contributed by atoms with van der Waals surface area (Å²) >= 11 is 1.70. The number of H-pyrrole nitrogens is 1. The fourth-order valence-corrected chi connectivity index (χ4v) is 2.65. The molecule has 0 radical (unpaired) electrons. The van der Waals surface area contributed by atoms with E-state index in [0.29, 0.717) is 0 Å². The number of nitrogens with two attached hydrogens (primary N) is 1. The lowest BCUT2D eigenvalue weighted by molar-refractivity contribution is 0.896. The lowest BCUT2D eigenvalue weighted by Gasteiger charge is -2.09. The van der Waals surface area contributed by atoms with Crippen molar-refractivity contribution in [3.63, 3.8) is 0 Å². The van der Waals surface area contributed by atoms with E-state index in [4.69, 9.17) is 5.73 Å². The standard InChI is InChI=1S/C13H12N2S.ClH/c14-13(12-2-1-7-16-12)10-3-4-11-9(8-10)5-6-15-11;/h1-8,13,15H,14H2;1H/t13-;/m0./s1. The van der Waals surface area contributed by atoms with Gasteiger partial charge < -0.3 is 10.7 Å². The Balaban J connectivity index is 0.00000108. The Morgan fingerprint density at radius 1 is 1.18 bits per heavy atom. The van der Waals surface area contributed by atoms with E-state index in [-0.39, 0.29) is 18.4 Å². The summed E-state index contributed by atoms with van der Waals surface area (Å²) in [6, 6.07) is 12.5. The number of benzene rings is 1. The van der Waals surface area contributed by atoms with Crippen LogP contribution in [0, 0.1) is 0 Å². The molecule has 3 aromatic rings. The molecule has 88 valence electrons. The van der Waals surface area contributed by atoms with Gasteiger partial charge in [0.25, 0.3) is 0 Å². The maximum absolute atomic E-state index is 6.22. The number of fused-ring (bicyclic) bond motifs is 1. The number of nitrogens with one attached hydrogen (secondary N) is 1. The Morgan fingerprint density at radius 2 is 2.06 bits per heavy atom. The van der Waals surface area contributed by atoms with Gasteiger partial charge in [0, 0.05) is 16.6 Å². The summed E-state index contributed by atoms with van der Waals surface area (Å²) in [6.45, 7) is 0. The van der Waals surface area contributed by atoms with Gasteiger partial charge in [0.2, 0.25) is 0 Å². The number of aromatic amines is 1. The molecule has 1 aromatic carbocycles. The highest BCUT2D eigenvalue weighted by Gasteiger charge is 2.10. The molecule has 17 heavy (non-hydrogen) atoms. The minimum absolute atomic E-state index is 0. The van der Waals surface area contributed by atoms with Gasteiger partial charge in [0.05, 0.1) is 6.04 Å². The van der Waals surface area contributed by atoms with Crippen LogP contribution in [0.15, 0.2) is 48.0 Å². The number of thiophene rings is 1. The zero-order valence-corrected chi connectivity index (χ0v) is 10.7. The molecular weight excluding hydrogens is 252 g/mol. The minimum Gasteiger partial charge on any atom is -0.361 e. The third kappa shape index (κ3) is 2.22. The van der Waals surface area contributed by atoms with Gasteiger partial charge >= 0.3 is 0 Å². The van der Waals surface area contributed by atoms with Crippen LogP contribution >= 0.6 is 23.7 Å². The zero-order chi connectivity index (χ0) is 11.0. The molecule has 0 aliphatic rings. The number of hydrogen-bond donors (Lipinski definition) is 2. The van der Waals surface area contributed by atoms with E-state index in [2.05, 4.69) is 40.7 Å². The number of hydrogen-bond acceptors (Lipinski definition) is 2. The van der Waals surface area contributed by atoms with Crippen LogP contribution in [-0.2, 0) is 0 Å². The largest absolute Gasteiger partial charge is 0.361 e. The first-order valence-corrected chi connectivity index (χ1v) is 6.08. The van der Waals surface area contributed by atoms with E-state index in [1.165, 1.54) is 10.3 Å². The first-order chi connectivity index (χ1) is 7.84. The topological polar surface area (TPSA) is 41.8 Å². The molecule has 3 rings (SSSR count). The molecular formula is C13H13ClN2S. The minimum atomic E-state index is -0.0145. The van der Waals surface area contributed by atoms with Gasteiger partial charge in [-0.2, -0.15) is 0 Å². The average Bonchev–Trinajstić information content (AvgIpc) is 2.98. The van der Waals surface area contributed by atoms with Crippen molar-refractivity contribution in [2.24, 2.45) is 5.73 Å². The van der Waals surface area contributed by atoms with Crippen LogP contribution in [0.3, 0.4) is 0 Å². The molecule has 0 fully saturated rings. The fraction of sp³-hybridized carbons (Fsp3) is 0.0769. The molecule has 1 atom stereocenters. The van der Waals surface area contributed by atoms with Crippen LogP contribution in [0.25, 0.3) is 10.9 Å². The van der Waals surface area contributed by atoms with Crippen molar-refractivity contribution in [1.82, 2.24) is 4.98 Å². The Kier molecular flexibility index (Phi) is 3.52. The molecule has 2 heterocycles. The average molecular weight is 265 g/mol. The summed E-state index contributed by atoms with van der Waals surface area (Å²) in [7, 11) is 0. The maximum atomic E-state index is 6.22. The SMILES string of the molecule is Cl.N[C@@H](c1ccc2[nH]ccc2c1)c1cccs1. The summed E-state index contributed by atoms with van der Waals surface area (Å²) in [5.41, 5.74) is 8.54. The number of rotatable bonds is 2. The van der Waals surface area contributed by atoms with Crippen LogP contribution in [0.4, 0.5) is 0 Å². The molecule has 2 nitrogen and oxygen atoms in total. The zero-order valence-electron chi connectivity index (χ0n) is 9.09. The molecule has 0 aliphatic carbocycles. The van der Waals surface area contributed by atoms with Gasteiger partial charge in [-0.15, -0.1) is 23.7 Å². The van der Waals surface area contributed by atoms with Crippen molar-refractivity contribution in [2.45, 2.75) is 6.04 Å². The van der Waals surface area contributed by atoms with Crippen LogP contribution in [-0.4, -0.2) is 4.98 Å². The quantitative estimate of drug-likeness (QED) is 0.728. The molecule has 0 bridgehead atoms. The van der Waals surface area contributed by atoms with Crippen molar-refractivity contribution >= 4 is 34.6 Å². The predicted octanol–water partition coefficient (Wildman–Crippen LogP) is 3.70. The predicted molar refractivity (Wildman–Crippen MR) is 75.9 cm³/mol. The van der Waals surface area contributed by atoms with Crippen molar-refractivity contribution in [3.05, 3.63) is 58.4 Å². The van der Waals surface area contributed by atoms with Gasteiger partial charge in [0.1, 0.15) is 0 Å². The van der Waals surface area contributed by atoms with Crippen molar-refractivity contribution < 1.29 is 0 Å². The van der Waals surface area contributed by atoms with Crippen LogP contribution in [0.5, 0.6) is 0 Å². The molecule has 0 saturated carbocycles. The fourth-order valence-electron chi connectivity index (χ4n) is 1.90. The molecule has 0 saturated heterocycles. The molecule has 0 aliphatic heterocycles. The summed E-state index contributed by atoms with van der Waals surface area (Å²) in [6.07, 6.45) is 1.95. The van der Waals surface area contributed by atoms with Gasteiger partial charge in [-0.25, -0.2) is 0 Å². The summed E-state index contributed by atoms with van der Waals surface area (Å²) in [4.78, 5) is 4.39. The highest BCUT2D eigenvalue weighted by molar-refractivity contribution is 7.10. The van der Waals surface area contributed by atoms with Crippen molar-refractivity contribution in [2.75, 3.05) is 0 Å². The van der Waals surface area contributed by atoms with E-state index >= 15 is 0 Å². The third-order valence-electron chi connectivity index (χ3n) is 2.79. The highest BCUT2D eigenvalue weighted by atomic mass is 35.5. The van der Waals surface area contributed by atoms with E-state index in [9.17, 15) is 0 Å². The van der Waals surface area contributed by atoms with E-state index in [1.807, 2.05) is 12.3 Å². The first-order valence-electron chi connectivity index (χ1n) is 5.20. The molecule has 0 unspecified atom stereocenters. The van der Waals surface area contributed by atoms with Gasteiger partial charge in [0.15, 0.2) is 0 Å². The third-order valence-corrected chi connectivity index (χ3v) is 3.74. The Morgan fingerprint density at radius 3 is 2.82 bits per heavy atom. The molecule has 3 N–H and O–H groups in total. The molecule has 2 aromatic heterocycles. The smallest absolute Gasteiger partial charge is 0.0646 e. The second-order valence-corrected chi connectivity index (χ2v) is 4.80. The monoisotopic (exact) mass is 264 g/mol. The number of aromatic nitrogens is 1. The van der Waals surface area contributed by atoms with Crippen molar-refractivity contribution in [1.29, 1.82) is 0 Å². The van der Waals surface area contributed by atoms with Crippen LogP contribution < -0.4 is 5.73 Å². The second kappa shape index (κ2) is 4.92. The second-order valence-electron chi connectivity index (χ2n) is 3.82. The van der Waals surface area contributed by atoms with E-state index in [0.717, 1.165) is 11.1 Å². The summed E-state index contributed by atoms with van der Waals surface area (Å²) < 4.78 is 0. The summed E-state index contributed by atoms with van der Waals surface area (Å²) in [5.74, 6) is 0. The van der Waals surface area contributed by atoms with E-state index in [1.54, 1.807) is 11.3 Å². The first kappa shape index (κ1) is 12.2. The molecule has 0 spiro atoms. The Labute approximate surface area is 110 Å². The van der Waals surface area contributed by atoms with E-state index < -0.39 is 0 Å². The maximum Gasteiger partial charge on any atom is 0.0646 e. The van der Waals surface area contributed by atoms with Crippen LogP contribution in [0.1, 0.15) is 16.5 Å².